The normalized spacial score (nSPS) is 24.8. The van der Waals surface area contributed by atoms with Gasteiger partial charge in [0, 0.05) is 43.0 Å². The molecule has 0 atom stereocenters. The number of rotatable bonds is 7. The van der Waals surface area contributed by atoms with E-state index in [1.165, 1.54) is 4.88 Å². The molecular weight excluding hydrogens is 472 g/mol. The van der Waals surface area contributed by atoms with Crippen LogP contribution in [0, 0.1) is 12.8 Å². The molecule has 1 saturated carbocycles. The highest BCUT2D eigenvalue weighted by Crippen LogP contribution is 2.35. The molecule has 10 heteroatoms. The number of piperidine rings is 1. The first-order valence-corrected chi connectivity index (χ1v) is 13.7. The van der Waals surface area contributed by atoms with Crippen molar-refractivity contribution < 1.29 is 18.1 Å². The molecule has 2 aliphatic heterocycles. The Balaban J connectivity index is 1.03. The second kappa shape index (κ2) is 10.5. The van der Waals surface area contributed by atoms with Gasteiger partial charge in [-0.1, -0.05) is 5.16 Å². The molecule has 0 radical (unpaired) electrons. The molecule has 5 rings (SSSR count). The van der Waals surface area contributed by atoms with Crippen LogP contribution in [0.25, 0.3) is 0 Å². The van der Waals surface area contributed by atoms with E-state index in [1.807, 2.05) is 6.92 Å². The molecule has 1 amide bonds. The highest BCUT2D eigenvalue weighted by atomic mass is 32.1. The van der Waals surface area contributed by atoms with Gasteiger partial charge < -0.3 is 14.7 Å². The highest BCUT2D eigenvalue weighted by molar-refractivity contribution is 7.15. The smallest absolute Gasteiger partial charge is 0.265 e. The molecule has 7 nitrogen and oxygen atoms in total. The summed E-state index contributed by atoms with van der Waals surface area (Å²) >= 11 is 1.61. The zero-order chi connectivity index (χ0) is 24.4. The molecule has 1 saturated heterocycles. The maximum atomic E-state index is 13.8. The van der Waals surface area contributed by atoms with E-state index in [4.69, 9.17) is 9.51 Å². The molecule has 1 aliphatic carbocycles. The van der Waals surface area contributed by atoms with Gasteiger partial charge in [0.1, 0.15) is 5.76 Å². The van der Waals surface area contributed by atoms with Crippen LogP contribution in [0.4, 0.5) is 13.9 Å². The first-order valence-electron chi connectivity index (χ1n) is 12.9. The summed E-state index contributed by atoms with van der Waals surface area (Å²) in [4.78, 5) is 22.6. The number of nitrogens with zero attached hydrogens (tertiary/aromatic N) is 4. The summed E-state index contributed by atoms with van der Waals surface area (Å²) in [5.74, 6) is -1.30. The van der Waals surface area contributed by atoms with Crippen molar-refractivity contribution in [2.75, 3.05) is 31.1 Å². The van der Waals surface area contributed by atoms with Crippen molar-refractivity contribution in [3.63, 3.8) is 0 Å². The fourth-order valence-corrected chi connectivity index (χ4v) is 6.67. The zero-order valence-corrected chi connectivity index (χ0v) is 21.2. The molecule has 35 heavy (non-hydrogen) atoms. The summed E-state index contributed by atoms with van der Waals surface area (Å²) in [6.45, 7) is 5.20. The van der Waals surface area contributed by atoms with Crippen molar-refractivity contribution >= 4 is 22.4 Å². The van der Waals surface area contributed by atoms with Gasteiger partial charge >= 0.3 is 0 Å². The van der Waals surface area contributed by atoms with E-state index in [-0.39, 0.29) is 31.3 Å². The van der Waals surface area contributed by atoms with Crippen LogP contribution in [0.5, 0.6) is 0 Å². The van der Waals surface area contributed by atoms with Gasteiger partial charge in [0.05, 0.1) is 24.4 Å². The van der Waals surface area contributed by atoms with Crippen molar-refractivity contribution in [2.24, 2.45) is 5.92 Å². The number of hydrogen-bond donors (Lipinski definition) is 1. The number of anilines is 1. The van der Waals surface area contributed by atoms with E-state index in [2.05, 4.69) is 15.4 Å². The van der Waals surface area contributed by atoms with Gasteiger partial charge in [-0.2, -0.15) is 0 Å². The number of alkyl halides is 2. The molecule has 4 heterocycles. The molecule has 192 valence electrons. The first kappa shape index (κ1) is 24.6. The number of aryl methyl sites for hydroxylation is 1. The van der Waals surface area contributed by atoms with E-state index in [0.717, 1.165) is 74.7 Å². The Hall–Kier alpha value is -2.07. The van der Waals surface area contributed by atoms with Crippen LogP contribution >= 0.6 is 11.3 Å². The molecule has 2 aromatic heterocycles. The Labute approximate surface area is 209 Å². The number of carbonyl (C=O) groups excluding carboxylic acids is 1. The van der Waals surface area contributed by atoms with E-state index in [1.54, 1.807) is 22.3 Å². The monoisotopic (exact) mass is 507 g/mol. The lowest BCUT2D eigenvalue weighted by molar-refractivity contribution is -0.121. The predicted octanol–water partition coefficient (Wildman–Crippen LogP) is 4.34. The fourth-order valence-electron chi connectivity index (χ4n) is 5.59. The fraction of sp³-hybridized carbons (Fsp3) is 0.720. The van der Waals surface area contributed by atoms with Crippen molar-refractivity contribution in [3.05, 3.63) is 28.1 Å². The third-order valence-corrected chi connectivity index (χ3v) is 8.75. The summed E-state index contributed by atoms with van der Waals surface area (Å²) in [6.07, 6.45) is 7.18. The lowest BCUT2D eigenvalue weighted by Gasteiger charge is -2.32. The lowest BCUT2D eigenvalue weighted by atomic mass is 9.84. The van der Waals surface area contributed by atoms with Crippen LogP contribution in [-0.4, -0.2) is 59.1 Å². The second-order valence-corrected chi connectivity index (χ2v) is 11.5. The summed E-state index contributed by atoms with van der Waals surface area (Å²) in [5.41, 5.74) is 1.87. The number of thiazole rings is 1. The van der Waals surface area contributed by atoms with E-state index in [9.17, 15) is 13.6 Å². The second-order valence-electron chi connectivity index (χ2n) is 10.5. The molecular formula is C25H35F2N5O2S. The van der Waals surface area contributed by atoms with Crippen LogP contribution < -0.4 is 10.2 Å². The number of nitrogens with one attached hydrogen (secondary N) is 1. The number of carbonyl (C=O) groups is 1. The van der Waals surface area contributed by atoms with Crippen LogP contribution in [0.1, 0.15) is 67.0 Å². The van der Waals surface area contributed by atoms with Gasteiger partial charge in [-0.25, -0.2) is 13.8 Å². The third kappa shape index (κ3) is 6.39. The molecule has 0 unspecified atom stereocenters. The molecule has 0 spiro atoms. The standard InChI is InChI=1S/C25H35F2N5O2S/c1-17-13-20(34-30-17)14-23(33)28-19-5-3-18(4-6-19)7-11-31-12-8-22-21(15-31)29-24(35-22)32-10-2-9-25(26,27)16-32/h13,18-19H,2-12,14-16H2,1H3,(H,28,33). The van der Waals surface area contributed by atoms with Crippen LogP contribution in [0.2, 0.25) is 0 Å². The average Bonchev–Trinajstić information content (AvgIpc) is 3.43. The van der Waals surface area contributed by atoms with Gasteiger partial charge in [-0.05, 0) is 64.3 Å². The molecule has 0 aromatic carbocycles. The third-order valence-electron chi connectivity index (χ3n) is 7.54. The minimum atomic E-state index is -2.60. The SMILES string of the molecule is Cc1cc(CC(=O)NC2CCC(CCN3CCc4sc(N5CCCC(F)(F)C5)nc4C3)CC2)on1. The molecule has 1 N–H and O–H groups in total. The number of amides is 1. The Morgan fingerprint density at radius 2 is 2.11 bits per heavy atom. The Kier molecular flexibility index (Phi) is 7.39. The van der Waals surface area contributed by atoms with Crippen molar-refractivity contribution in [2.45, 2.75) is 83.2 Å². The first-order chi connectivity index (χ1) is 16.8. The van der Waals surface area contributed by atoms with E-state index in [0.29, 0.717) is 24.6 Å². The maximum Gasteiger partial charge on any atom is 0.265 e. The van der Waals surface area contributed by atoms with Gasteiger partial charge in [-0.3, -0.25) is 9.69 Å². The van der Waals surface area contributed by atoms with Crippen molar-refractivity contribution in [3.8, 4) is 0 Å². The Bertz CT molecular complexity index is 1020. The van der Waals surface area contributed by atoms with Gasteiger partial charge in [-0.15, -0.1) is 11.3 Å². The molecule has 2 fully saturated rings. The molecule has 2 aromatic rings. The zero-order valence-electron chi connectivity index (χ0n) is 20.4. The Morgan fingerprint density at radius 3 is 2.86 bits per heavy atom. The largest absolute Gasteiger partial charge is 0.361 e. The maximum absolute atomic E-state index is 13.8. The minimum Gasteiger partial charge on any atom is -0.361 e. The van der Waals surface area contributed by atoms with Crippen LogP contribution in [0.15, 0.2) is 10.6 Å². The predicted molar refractivity (Wildman–Crippen MR) is 131 cm³/mol. The minimum absolute atomic E-state index is 0.00428. The Morgan fingerprint density at radius 1 is 1.29 bits per heavy atom. The van der Waals surface area contributed by atoms with Crippen LogP contribution in [-0.2, 0) is 24.2 Å². The highest BCUT2D eigenvalue weighted by Gasteiger charge is 2.37. The van der Waals surface area contributed by atoms with Crippen LogP contribution in [0.3, 0.4) is 0 Å². The molecule has 0 bridgehead atoms. The summed E-state index contributed by atoms with van der Waals surface area (Å²) in [5, 5.41) is 7.76. The van der Waals surface area contributed by atoms with Crippen molar-refractivity contribution in [1.29, 1.82) is 0 Å². The quantitative estimate of drug-likeness (QED) is 0.601. The molecule has 3 aliphatic rings. The summed E-state index contributed by atoms with van der Waals surface area (Å²) in [6, 6.07) is 2.05. The number of hydrogen-bond acceptors (Lipinski definition) is 7. The average molecular weight is 508 g/mol. The van der Waals surface area contributed by atoms with Crippen molar-refractivity contribution in [1.82, 2.24) is 20.4 Å². The van der Waals surface area contributed by atoms with Gasteiger partial charge in [0.15, 0.2) is 5.13 Å². The lowest BCUT2D eigenvalue weighted by Crippen LogP contribution is -2.42. The summed E-state index contributed by atoms with van der Waals surface area (Å²) in [7, 11) is 0. The van der Waals surface area contributed by atoms with Gasteiger partial charge in [0.2, 0.25) is 5.91 Å². The van der Waals surface area contributed by atoms with E-state index < -0.39 is 5.92 Å². The number of aromatic nitrogens is 2. The van der Waals surface area contributed by atoms with E-state index >= 15 is 0 Å². The topological polar surface area (TPSA) is 74.5 Å². The number of fused-ring (bicyclic) bond motifs is 1. The van der Waals surface area contributed by atoms with Gasteiger partial charge in [0.25, 0.3) is 5.92 Å². The number of halogens is 2. The summed E-state index contributed by atoms with van der Waals surface area (Å²) < 4.78 is 32.8.